The Morgan fingerprint density at radius 1 is 1.04 bits per heavy atom. The molecule has 2 aromatic carbocycles. The van der Waals surface area contributed by atoms with Gasteiger partial charge in [-0.3, -0.25) is 4.79 Å². The number of carbonyl (C=O) groups is 1. The molecule has 0 spiro atoms. The summed E-state index contributed by atoms with van der Waals surface area (Å²) in [5.74, 6) is 1.81. The maximum absolute atomic E-state index is 12.3. The number of benzene rings is 2. The molecule has 3 aromatic rings. The molecule has 0 saturated carbocycles. The fraction of sp³-hybridized carbons (Fsp3) is 0.250. The molecule has 0 N–H and O–H groups in total. The molecule has 0 aliphatic carbocycles. The number of aromatic nitrogens is 2. The lowest BCUT2D eigenvalue weighted by Crippen LogP contribution is -2.02. The molecule has 0 saturated heterocycles. The van der Waals surface area contributed by atoms with Crippen LogP contribution in [-0.4, -0.2) is 36.0 Å². The van der Waals surface area contributed by atoms with E-state index >= 15 is 0 Å². The van der Waals surface area contributed by atoms with Crippen molar-refractivity contribution in [3.63, 3.8) is 0 Å². The lowest BCUT2D eigenvalue weighted by molar-refractivity contribution is 0.102. The van der Waals surface area contributed by atoms with Gasteiger partial charge in [0.2, 0.25) is 5.89 Å². The molecule has 140 valence electrons. The number of thioether (sulfide) groups is 1. The largest absolute Gasteiger partial charge is 0.493 e. The van der Waals surface area contributed by atoms with E-state index in [1.165, 1.54) is 17.3 Å². The van der Waals surface area contributed by atoms with Gasteiger partial charge in [-0.15, -0.1) is 10.2 Å². The molecule has 1 heterocycles. The SMILES string of the molecule is CCc1ccc(C(=O)CSc2nnc(-c3ccc(OC)c(OC)c3)o2)cc1. The summed E-state index contributed by atoms with van der Waals surface area (Å²) < 4.78 is 16.2. The van der Waals surface area contributed by atoms with Gasteiger partial charge in [0.05, 0.1) is 20.0 Å². The maximum Gasteiger partial charge on any atom is 0.277 e. The molecule has 6 nitrogen and oxygen atoms in total. The molecule has 0 aliphatic heterocycles. The normalized spacial score (nSPS) is 10.6. The fourth-order valence-corrected chi connectivity index (χ4v) is 3.15. The molecular formula is C20H20N2O4S. The molecule has 0 radical (unpaired) electrons. The molecule has 0 amide bonds. The van der Waals surface area contributed by atoms with Gasteiger partial charge in [-0.2, -0.15) is 0 Å². The third-order valence-electron chi connectivity index (χ3n) is 4.05. The van der Waals surface area contributed by atoms with Crippen LogP contribution in [0.5, 0.6) is 11.5 Å². The van der Waals surface area contributed by atoms with Crippen molar-refractivity contribution >= 4 is 17.5 Å². The second kappa shape index (κ2) is 8.73. The summed E-state index contributed by atoms with van der Waals surface area (Å²) in [6.45, 7) is 2.08. The molecule has 3 rings (SSSR count). The Morgan fingerprint density at radius 2 is 1.78 bits per heavy atom. The van der Waals surface area contributed by atoms with E-state index in [2.05, 4.69) is 17.1 Å². The number of hydrogen-bond donors (Lipinski definition) is 0. The van der Waals surface area contributed by atoms with Crippen LogP contribution in [-0.2, 0) is 6.42 Å². The zero-order valence-electron chi connectivity index (χ0n) is 15.4. The lowest BCUT2D eigenvalue weighted by Gasteiger charge is -2.07. The molecule has 0 bridgehead atoms. The molecule has 0 fully saturated rings. The van der Waals surface area contributed by atoms with E-state index in [1.807, 2.05) is 30.3 Å². The number of rotatable bonds is 8. The number of carbonyl (C=O) groups excluding carboxylic acids is 1. The number of hydrogen-bond acceptors (Lipinski definition) is 7. The van der Waals surface area contributed by atoms with Crippen molar-refractivity contribution < 1.29 is 18.7 Å². The summed E-state index contributed by atoms with van der Waals surface area (Å²) in [5, 5.41) is 8.40. The first-order chi connectivity index (χ1) is 13.1. The van der Waals surface area contributed by atoms with Gasteiger partial charge < -0.3 is 13.9 Å². The summed E-state index contributed by atoms with van der Waals surface area (Å²) >= 11 is 1.22. The number of Topliss-reactive ketones (excluding diaryl/α,β-unsaturated/α-hetero) is 1. The standard InChI is InChI=1S/C20H20N2O4S/c1-4-13-5-7-14(8-6-13)16(23)12-27-20-22-21-19(26-20)15-9-10-17(24-2)18(11-15)25-3/h5-11H,4,12H2,1-3H3. The minimum atomic E-state index is 0.0218. The maximum atomic E-state index is 12.3. The van der Waals surface area contributed by atoms with Crippen LogP contribution in [0.25, 0.3) is 11.5 Å². The van der Waals surface area contributed by atoms with Crippen LogP contribution >= 0.6 is 11.8 Å². The average Bonchev–Trinajstić information content (AvgIpc) is 3.20. The van der Waals surface area contributed by atoms with Crippen molar-refractivity contribution in [2.24, 2.45) is 0 Å². The molecule has 27 heavy (non-hydrogen) atoms. The van der Waals surface area contributed by atoms with Gasteiger partial charge in [-0.05, 0) is 30.2 Å². The predicted molar refractivity (Wildman–Crippen MR) is 104 cm³/mol. The quantitative estimate of drug-likeness (QED) is 0.423. The summed E-state index contributed by atoms with van der Waals surface area (Å²) in [6.07, 6.45) is 0.949. The fourth-order valence-electron chi connectivity index (χ4n) is 2.49. The minimum absolute atomic E-state index is 0.0218. The Hall–Kier alpha value is -2.80. The highest BCUT2D eigenvalue weighted by molar-refractivity contribution is 7.99. The summed E-state index contributed by atoms with van der Waals surface area (Å²) in [7, 11) is 3.14. The van der Waals surface area contributed by atoms with Gasteiger partial charge >= 0.3 is 0 Å². The molecule has 1 aromatic heterocycles. The van der Waals surface area contributed by atoms with E-state index in [0.717, 1.165) is 6.42 Å². The monoisotopic (exact) mass is 384 g/mol. The summed E-state index contributed by atoms with van der Waals surface area (Å²) in [5.41, 5.74) is 2.60. The van der Waals surface area contributed by atoms with Crippen LogP contribution in [0.15, 0.2) is 52.1 Å². The zero-order valence-corrected chi connectivity index (χ0v) is 16.2. The highest BCUT2D eigenvalue weighted by Crippen LogP contribution is 2.32. The first-order valence-corrected chi connectivity index (χ1v) is 9.44. The Kier molecular flexibility index (Phi) is 6.13. The van der Waals surface area contributed by atoms with Crippen LogP contribution in [0, 0.1) is 0 Å². The van der Waals surface area contributed by atoms with Crippen LogP contribution < -0.4 is 9.47 Å². The van der Waals surface area contributed by atoms with Crippen LogP contribution in [0.2, 0.25) is 0 Å². The number of nitrogens with zero attached hydrogens (tertiary/aromatic N) is 2. The highest BCUT2D eigenvalue weighted by atomic mass is 32.2. The second-order valence-corrected chi connectivity index (χ2v) is 6.63. The van der Waals surface area contributed by atoms with Crippen molar-refractivity contribution in [3.05, 3.63) is 53.6 Å². The van der Waals surface area contributed by atoms with Crippen molar-refractivity contribution in [2.45, 2.75) is 18.6 Å². The number of methoxy groups -OCH3 is 2. The van der Waals surface area contributed by atoms with Crippen LogP contribution in [0.1, 0.15) is 22.8 Å². The molecule has 0 unspecified atom stereocenters. The predicted octanol–water partition coefficient (Wildman–Crippen LogP) is 4.29. The number of aryl methyl sites for hydroxylation is 1. The second-order valence-electron chi connectivity index (χ2n) is 5.71. The van der Waals surface area contributed by atoms with Crippen molar-refractivity contribution in [3.8, 4) is 23.0 Å². The Labute approximate surface area is 161 Å². The average molecular weight is 384 g/mol. The minimum Gasteiger partial charge on any atom is -0.493 e. The molecule has 0 aliphatic rings. The third kappa shape index (κ3) is 4.49. The van der Waals surface area contributed by atoms with Crippen molar-refractivity contribution in [1.29, 1.82) is 0 Å². The van der Waals surface area contributed by atoms with E-state index in [1.54, 1.807) is 26.4 Å². The smallest absolute Gasteiger partial charge is 0.277 e. The van der Waals surface area contributed by atoms with Crippen molar-refractivity contribution in [2.75, 3.05) is 20.0 Å². The number of ketones is 1. The molecular weight excluding hydrogens is 364 g/mol. The van der Waals surface area contributed by atoms with Gasteiger partial charge in [0.1, 0.15) is 0 Å². The van der Waals surface area contributed by atoms with E-state index in [4.69, 9.17) is 13.9 Å². The lowest BCUT2D eigenvalue weighted by atomic mass is 10.1. The highest BCUT2D eigenvalue weighted by Gasteiger charge is 2.14. The van der Waals surface area contributed by atoms with Crippen LogP contribution in [0.4, 0.5) is 0 Å². The molecule has 0 atom stereocenters. The topological polar surface area (TPSA) is 74.5 Å². The van der Waals surface area contributed by atoms with Gasteiger partial charge in [0.15, 0.2) is 17.3 Å². The Balaban J connectivity index is 1.66. The Morgan fingerprint density at radius 3 is 2.44 bits per heavy atom. The third-order valence-corrected chi connectivity index (χ3v) is 4.87. The van der Waals surface area contributed by atoms with E-state index in [9.17, 15) is 4.79 Å². The van der Waals surface area contributed by atoms with Gasteiger partial charge in [0.25, 0.3) is 5.22 Å². The van der Waals surface area contributed by atoms with Crippen molar-refractivity contribution in [1.82, 2.24) is 10.2 Å². The van der Waals surface area contributed by atoms with Gasteiger partial charge in [0, 0.05) is 11.1 Å². The number of ether oxygens (including phenoxy) is 2. The van der Waals surface area contributed by atoms with Crippen LogP contribution in [0.3, 0.4) is 0 Å². The zero-order chi connectivity index (χ0) is 19.2. The van der Waals surface area contributed by atoms with Gasteiger partial charge in [-0.1, -0.05) is 43.0 Å². The van der Waals surface area contributed by atoms with Gasteiger partial charge in [-0.25, -0.2) is 0 Å². The molecule has 7 heteroatoms. The van der Waals surface area contributed by atoms with E-state index in [0.29, 0.717) is 33.7 Å². The first kappa shape index (κ1) is 19.0. The van der Waals surface area contributed by atoms with E-state index < -0.39 is 0 Å². The summed E-state index contributed by atoms with van der Waals surface area (Å²) in [4.78, 5) is 12.3. The summed E-state index contributed by atoms with van der Waals surface area (Å²) in [6, 6.07) is 13.0. The first-order valence-electron chi connectivity index (χ1n) is 8.45. The Bertz CT molecular complexity index is 922. The van der Waals surface area contributed by atoms with E-state index in [-0.39, 0.29) is 11.5 Å².